The number of halogens is 4. The van der Waals surface area contributed by atoms with E-state index in [0.717, 1.165) is 0 Å². The van der Waals surface area contributed by atoms with Gasteiger partial charge in [-0.05, 0) is 36.4 Å². The molecule has 7 heteroatoms. The van der Waals surface area contributed by atoms with E-state index in [1.165, 1.54) is 36.4 Å². The number of benzene rings is 2. The van der Waals surface area contributed by atoms with Crippen LogP contribution in [0.4, 0.5) is 0 Å². The monoisotopic (exact) mass is 354 g/mol. The molecular weight excluding hydrogens is 350 g/mol. The van der Waals surface area contributed by atoms with Gasteiger partial charge in [-0.2, -0.15) is 0 Å². The first-order valence-corrected chi connectivity index (χ1v) is 7.97. The summed E-state index contributed by atoms with van der Waals surface area (Å²) < 4.78 is 24.9. The largest absolute Gasteiger partial charge is 0.218 e. The van der Waals surface area contributed by atoms with E-state index in [2.05, 4.69) is 0 Å². The number of hydrogen-bond acceptors (Lipinski definition) is 2. The Morgan fingerprint density at radius 3 is 2.00 bits per heavy atom. The molecule has 0 saturated heterocycles. The van der Waals surface area contributed by atoms with Gasteiger partial charge >= 0.3 is 0 Å². The van der Waals surface area contributed by atoms with Gasteiger partial charge in [-0.1, -0.05) is 46.4 Å². The third-order valence-electron chi connectivity index (χ3n) is 2.38. The maximum absolute atomic E-state index is 12.4. The lowest BCUT2D eigenvalue weighted by molar-refractivity contribution is 0.596. The van der Waals surface area contributed by atoms with Gasteiger partial charge < -0.3 is 0 Å². The summed E-state index contributed by atoms with van der Waals surface area (Å²) in [5.41, 5.74) is 0. The van der Waals surface area contributed by atoms with Crippen molar-refractivity contribution in [2.45, 2.75) is 9.79 Å². The average Bonchev–Trinajstić information content (AvgIpc) is 2.35. The summed E-state index contributed by atoms with van der Waals surface area (Å²) in [5.74, 6) is 0. The molecule has 0 heterocycles. The first-order valence-electron chi connectivity index (χ1n) is 4.97. The zero-order valence-corrected chi connectivity index (χ0v) is 13.0. The summed E-state index contributed by atoms with van der Waals surface area (Å²) in [6.07, 6.45) is 0. The van der Waals surface area contributed by atoms with Crippen LogP contribution < -0.4 is 0 Å². The fraction of sp³-hybridized carbons (Fsp3) is 0. The van der Waals surface area contributed by atoms with Crippen molar-refractivity contribution in [2.24, 2.45) is 0 Å². The van der Waals surface area contributed by atoms with Crippen LogP contribution in [-0.2, 0) is 9.84 Å². The van der Waals surface area contributed by atoms with Crippen molar-refractivity contribution >= 4 is 56.2 Å². The second-order valence-corrected chi connectivity index (χ2v) is 7.23. The van der Waals surface area contributed by atoms with Crippen LogP contribution in [0.25, 0.3) is 0 Å². The van der Waals surface area contributed by atoms with Crippen molar-refractivity contribution < 1.29 is 8.42 Å². The quantitative estimate of drug-likeness (QED) is 0.747. The van der Waals surface area contributed by atoms with Gasteiger partial charge in [-0.15, -0.1) is 0 Å². The Morgan fingerprint density at radius 2 is 1.37 bits per heavy atom. The van der Waals surface area contributed by atoms with Gasteiger partial charge in [-0.3, -0.25) is 0 Å². The minimum atomic E-state index is -3.79. The van der Waals surface area contributed by atoms with Crippen molar-refractivity contribution in [1.29, 1.82) is 0 Å². The summed E-state index contributed by atoms with van der Waals surface area (Å²) in [6.45, 7) is 0. The second-order valence-electron chi connectivity index (χ2n) is 3.65. The minimum Gasteiger partial charge on any atom is -0.218 e. The summed E-state index contributed by atoms with van der Waals surface area (Å²) in [7, 11) is -3.79. The van der Waals surface area contributed by atoms with Gasteiger partial charge in [0, 0.05) is 5.02 Å². The van der Waals surface area contributed by atoms with Gasteiger partial charge in [0.15, 0.2) is 0 Å². The molecule has 0 fully saturated rings. The zero-order chi connectivity index (χ0) is 14.2. The molecule has 0 aliphatic heterocycles. The van der Waals surface area contributed by atoms with Gasteiger partial charge in [0.25, 0.3) is 0 Å². The van der Waals surface area contributed by atoms with E-state index in [1.807, 2.05) is 0 Å². The predicted octanol–water partition coefficient (Wildman–Crippen LogP) is 5.13. The molecule has 0 unspecified atom stereocenters. The highest BCUT2D eigenvalue weighted by Crippen LogP contribution is 2.32. The Hall–Kier alpha value is -0.450. The third kappa shape index (κ3) is 3.01. The first-order chi connectivity index (χ1) is 8.82. The third-order valence-corrected chi connectivity index (χ3v) is 5.59. The van der Waals surface area contributed by atoms with Crippen molar-refractivity contribution in [3.8, 4) is 0 Å². The molecular formula is C12H6Cl4O2S. The Bertz CT molecular complexity index is 741. The van der Waals surface area contributed by atoms with Crippen LogP contribution in [-0.4, -0.2) is 8.42 Å². The van der Waals surface area contributed by atoms with E-state index in [4.69, 9.17) is 46.4 Å². The Balaban J connectivity index is 2.65. The maximum atomic E-state index is 12.4. The molecule has 2 nitrogen and oxygen atoms in total. The van der Waals surface area contributed by atoms with Crippen molar-refractivity contribution in [3.63, 3.8) is 0 Å². The average molecular weight is 356 g/mol. The van der Waals surface area contributed by atoms with Crippen molar-refractivity contribution in [1.82, 2.24) is 0 Å². The fourth-order valence-electron chi connectivity index (χ4n) is 1.45. The van der Waals surface area contributed by atoms with E-state index in [1.54, 1.807) is 0 Å². The molecule has 0 spiro atoms. The SMILES string of the molecule is O=S(=O)(c1ccc(Cl)c(Cl)c1)c1cc(Cl)ccc1Cl. The first kappa shape index (κ1) is 14.9. The Kier molecular flexibility index (Phi) is 4.33. The van der Waals surface area contributed by atoms with Crippen LogP contribution in [0.15, 0.2) is 46.2 Å². The van der Waals surface area contributed by atoms with Crippen LogP contribution in [0.3, 0.4) is 0 Å². The molecule has 2 aromatic rings. The van der Waals surface area contributed by atoms with Crippen LogP contribution in [0.1, 0.15) is 0 Å². The second kappa shape index (κ2) is 5.51. The molecule has 0 saturated carbocycles. The molecule has 0 atom stereocenters. The van der Waals surface area contributed by atoms with Gasteiger partial charge in [0.2, 0.25) is 9.84 Å². The van der Waals surface area contributed by atoms with Crippen molar-refractivity contribution in [2.75, 3.05) is 0 Å². The number of hydrogen-bond donors (Lipinski definition) is 0. The standard InChI is InChI=1S/C12H6Cl4O2S/c13-7-1-3-10(15)12(5-7)19(17,18)8-2-4-9(14)11(16)6-8/h1-6H. The van der Waals surface area contributed by atoms with E-state index < -0.39 is 9.84 Å². The lowest BCUT2D eigenvalue weighted by Crippen LogP contribution is -2.03. The van der Waals surface area contributed by atoms with Gasteiger partial charge in [0.1, 0.15) is 0 Å². The molecule has 0 amide bonds. The van der Waals surface area contributed by atoms with Gasteiger partial charge in [-0.25, -0.2) is 8.42 Å². The van der Waals surface area contributed by atoms with Crippen LogP contribution in [0, 0.1) is 0 Å². The van der Waals surface area contributed by atoms with Crippen LogP contribution in [0.2, 0.25) is 20.1 Å². The minimum absolute atomic E-state index is 0.00562. The molecule has 2 aromatic carbocycles. The highest BCUT2D eigenvalue weighted by molar-refractivity contribution is 7.91. The Morgan fingerprint density at radius 1 is 0.737 bits per heavy atom. The molecule has 0 aliphatic rings. The molecule has 0 N–H and O–H groups in total. The van der Waals surface area contributed by atoms with Crippen LogP contribution in [0.5, 0.6) is 0 Å². The summed E-state index contributed by atoms with van der Waals surface area (Å²) >= 11 is 23.3. The normalized spacial score (nSPS) is 11.6. The molecule has 0 radical (unpaired) electrons. The molecule has 19 heavy (non-hydrogen) atoms. The molecule has 0 aromatic heterocycles. The molecule has 100 valence electrons. The number of sulfone groups is 1. The zero-order valence-electron chi connectivity index (χ0n) is 9.20. The topological polar surface area (TPSA) is 34.1 Å². The predicted molar refractivity (Wildman–Crippen MR) is 78.4 cm³/mol. The van der Waals surface area contributed by atoms with E-state index in [9.17, 15) is 8.42 Å². The van der Waals surface area contributed by atoms with Crippen LogP contribution >= 0.6 is 46.4 Å². The lowest BCUT2D eigenvalue weighted by atomic mass is 10.3. The maximum Gasteiger partial charge on any atom is 0.208 e. The lowest BCUT2D eigenvalue weighted by Gasteiger charge is -2.08. The highest BCUT2D eigenvalue weighted by atomic mass is 35.5. The molecule has 0 aliphatic carbocycles. The summed E-state index contributed by atoms with van der Waals surface area (Å²) in [5, 5.41) is 0.803. The molecule has 0 bridgehead atoms. The number of rotatable bonds is 2. The Labute approximate surface area is 130 Å². The fourth-order valence-corrected chi connectivity index (χ4v) is 3.86. The molecule has 2 rings (SSSR count). The van der Waals surface area contributed by atoms with E-state index >= 15 is 0 Å². The van der Waals surface area contributed by atoms with Crippen molar-refractivity contribution in [3.05, 3.63) is 56.5 Å². The van der Waals surface area contributed by atoms with E-state index in [-0.39, 0.29) is 29.9 Å². The highest BCUT2D eigenvalue weighted by Gasteiger charge is 2.22. The smallest absolute Gasteiger partial charge is 0.208 e. The van der Waals surface area contributed by atoms with E-state index in [0.29, 0.717) is 0 Å². The van der Waals surface area contributed by atoms with Gasteiger partial charge in [0.05, 0.1) is 24.9 Å². The summed E-state index contributed by atoms with van der Waals surface area (Å²) in [4.78, 5) is -0.0638. The summed E-state index contributed by atoms with van der Waals surface area (Å²) in [6, 6.07) is 8.28.